The lowest BCUT2D eigenvalue weighted by atomic mass is 10.2. The van der Waals surface area contributed by atoms with Gasteiger partial charge in [-0.15, -0.1) is 0 Å². The fourth-order valence-electron chi connectivity index (χ4n) is 2.64. The van der Waals surface area contributed by atoms with Crippen molar-refractivity contribution < 1.29 is 5.11 Å². The van der Waals surface area contributed by atoms with Crippen LogP contribution in [-0.4, -0.2) is 14.7 Å². The predicted molar refractivity (Wildman–Crippen MR) is 85.1 cm³/mol. The molecule has 0 spiro atoms. The number of hydrogen-bond acceptors (Lipinski definition) is 2. The second kappa shape index (κ2) is 4.65. The van der Waals surface area contributed by atoms with Gasteiger partial charge in [0.2, 0.25) is 0 Å². The van der Waals surface area contributed by atoms with E-state index in [0.717, 1.165) is 35.3 Å². The first-order chi connectivity index (χ1) is 10.1. The normalized spacial score (nSPS) is 14.8. The zero-order chi connectivity index (χ0) is 14.6. The van der Waals surface area contributed by atoms with Crippen molar-refractivity contribution in [2.75, 3.05) is 0 Å². The van der Waals surface area contributed by atoms with E-state index in [1.54, 1.807) is 18.2 Å². The van der Waals surface area contributed by atoms with Crippen LogP contribution in [0.25, 0.3) is 22.4 Å². The van der Waals surface area contributed by atoms with Crippen molar-refractivity contribution in [3.05, 3.63) is 46.4 Å². The van der Waals surface area contributed by atoms with Crippen LogP contribution < -0.4 is 0 Å². The van der Waals surface area contributed by atoms with Crippen LogP contribution in [-0.2, 0) is 0 Å². The van der Waals surface area contributed by atoms with E-state index in [4.69, 9.17) is 28.2 Å². The molecule has 106 valence electrons. The van der Waals surface area contributed by atoms with Gasteiger partial charge in [0.15, 0.2) is 0 Å². The highest BCUT2D eigenvalue weighted by Gasteiger charge is 2.29. The molecule has 1 aliphatic rings. The zero-order valence-electron chi connectivity index (χ0n) is 11.1. The summed E-state index contributed by atoms with van der Waals surface area (Å²) in [4.78, 5) is 4.70. The molecule has 5 heteroatoms. The summed E-state index contributed by atoms with van der Waals surface area (Å²) in [5.41, 5.74) is 2.65. The van der Waals surface area contributed by atoms with Gasteiger partial charge in [0.25, 0.3) is 0 Å². The van der Waals surface area contributed by atoms with E-state index >= 15 is 0 Å². The average Bonchev–Trinajstić information content (AvgIpc) is 3.22. The lowest BCUT2D eigenvalue weighted by Crippen LogP contribution is -1.97. The fraction of sp³-hybridized carbons (Fsp3) is 0.188. The van der Waals surface area contributed by atoms with Crippen LogP contribution in [0, 0.1) is 0 Å². The molecule has 0 radical (unpaired) electrons. The highest BCUT2D eigenvalue weighted by atomic mass is 35.5. The van der Waals surface area contributed by atoms with Gasteiger partial charge in [-0.2, -0.15) is 0 Å². The molecule has 1 heterocycles. The number of phenols is 1. The fourth-order valence-corrected chi connectivity index (χ4v) is 3.01. The van der Waals surface area contributed by atoms with Gasteiger partial charge < -0.3 is 9.67 Å². The first-order valence-corrected chi connectivity index (χ1v) is 7.55. The number of nitrogens with zero attached hydrogens (tertiary/aromatic N) is 2. The monoisotopic (exact) mass is 318 g/mol. The highest BCUT2D eigenvalue weighted by molar-refractivity contribution is 6.33. The minimum atomic E-state index is 0.182. The first kappa shape index (κ1) is 13.0. The molecular weight excluding hydrogens is 307 g/mol. The van der Waals surface area contributed by atoms with Gasteiger partial charge in [-0.1, -0.05) is 23.2 Å². The molecule has 1 saturated carbocycles. The largest absolute Gasteiger partial charge is 0.508 e. The van der Waals surface area contributed by atoms with E-state index in [1.807, 2.05) is 18.2 Å². The van der Waals surface area contributed by atoms with Gasteiger partial charge in [-0.25, -0.2) is 4.98 Å². The SMILES string of the molecule is Oc1ccc(Cl)c(-c2nc3ccc(Cl)cc3n2C2CC2)c1. The van der Waals surface area contributed by atoms with E-state index in [9.17, 15) is 5.11 Å². The van der Waals surface area contributed by atoms with Crippen LogP contribution in [0.2, 0.25) is 10.0 Å². The molecule has 2 aromatic carbocycles. The van der Waals surface area contributed by atoms with Crippen molar-refractivity contribution in [2.24, 2.45) is 0 Å². The number of halogens is 2. The molecule has 3 aromatic rings. The molecule has 0 bridgehead atoms. The Morgan fingerprint density at radius 2 is 1.90 bits per heavy atom. The van der Waals surface area contributed by atoms with E-state index in [2.05, 4.69) is 4.57 Å². The van der Waals surface area contributed by atoms with Gasteiger partial charge in [-0.05, 0) is 49.2 Å². The standard InChI is InChI=1S/C16H12Cl2N2O/c17-9-1-6-14-15(7-9)20(10-2-3-10)16(19-14)12-8-11(21)4-5-13(12)18/h1,4-8,10,21H,2-3H2. The molecule has 0 unspecified atom stereocenters. The number of rotatable bonds is 2. The molecule has 1 aliphatic carbocycles. The van der Waals surface area contributed by atoms with Gasteiger partial charge in [0, 0.05) is 16.6 Å². The molecule has 4 rings (SSSR count). The summed E-state index contributed by atoms with van der Waals surface area (Å²) >= 11 is 12.4. The number of benzene rings is 2. The Hall–Kier alpha value is -1.71. The molecule has 0 aliphatic heterocycles. The Balaban J connectivity index is 2.04. The van der Waals surface area contributed by atoms with Crippen molar-refractivity contribution in [3.63, 3.8) is 0 Å². The third kappa shape index (κ3) is 2.17. The third-order valence-electron chi connectivity index (χ3n) is 3.75. The minimum Gasteiger partial charge on any atom is -0.508 e. The van der Waals surface area contributed by atoms with E-state index in [-0.39, 0.29) is 5.75 Å². The second-order valence-electron chi connectivity index (χ2n) is 5.33. The smallest absolute Gasteiger partial charge is 0.143 e. The van der Waals surface area contributed by atoms with Crippen molar-refractivity contribution in [2.45, 2.75) is 18.9 Å². The number of hydrogen-bond donors (Lipinski definition) is 1. The molecule has 1 N–H and O–H groups in total. The lowest BCUT2D eigenvalue weighted by molar-refractivity contribution is 0.475. The van der Waals surface area contributed by atoms with E-state index in [0.29, 0.717) is 16.1 Å². The Kier molecular flexibility index (Phi) is 2.88. The van der Waals surface area contributed by atoms with Crippen molar-refractivity contribution in [1.29, 1.82) is 0 Å². The van der Waals surface area contributed by atoms with Crippen LogP contribution >= 0.6 is 23.2 Å². The maximum atomic E-state index is 9.75. The van der Waals surface area contributed by atoms with Crippen LogP contribution in [0.4, 0.5) is 0 Å². The van der Waals surface area contributed by atoms with Crippen molar-refractivity contribution >= 4 is 34.2 Å². The number of aromatic nitrogens is 2. The van der Waals surface area contributed by atoms with Gasteiger partial charge in [0.1, 0.15) is 11.6 Å². The number of aromatic hydroxyl groups is 1. The molecule has 0 atom stereocenters. The molecular formula is C16H12Cl2N2O. The number of imidazole rings is 1. The van der Waals surface area contributed by atoms with Crippen LogP contribution in [0.1, 0.15) is 18.9 Å². The summed E-state index contributed by atoms with van der Waals surface area (Å²) in [5, 5.41) is 11.0. The summed E-state index contributed by atoms with van der Waals surface area (Å²) in [7, 11) is 0. The Labute approximate surface area is 131 Å². The van der Waals surface area contributed by atoms with Gasteiger partial charge in [-0.3, -0.25) is 0 Å². The summed E-state index contributed by atoms with van der Waals surface area (Å²) in [6.07, 6.45) is 2.25. The first-order valence-electron chi connectivity index (χ1n) is 6.80. The second-order valence-corrected chi connectivity index (χ2v) is 6.18. The van der Waals surface area contributed by atoms with Crippen molar-refractivity contribution in [1.82, 2.24) is 9.55 Å². The highest BCUT2D eigenvalue weighted by Crippen LogP contribution is 2.43. The lowest BCUT2D eigenvalue weighted by Gasteiger charge is -2.09. The predicted octanol–water partition coefficient (Wildman–Crippen LogP) is 5.05. The molecule has 0 saturated heterocycles. The van der Waals surface area contributed by atoms with E-state index in [1.165, 1.54) is 0 Å². The Bertz CT molecular complexity index is 853. The minimum absolute atomic E-state index is 0.182. The van der Waals surface area contributed by atoms with Gasteiger partial charge in [0.05, 0.1) is 16.1 Å². The average molecular weight is 319 g/mol. The number of phenolic OH excluding ortho intramolecular Hbond substituents is 1. The maximum Gasteiger partial charge on any atom is 0.143 e. The van der Waals surface area contributed by atoms with Crippen LogP contribution in [0.3, 0.4) is 0 Å². The zero-order valence-corrected chi connectivity index (χ0v) is 12.6. The van der Waals surface area contributed by atoms with Gasteiger partial charge >= 0.3 is 0 Å². The summed E-state index contributed by atoms with van der Waals surface area (Å²) in [6, 6.07) is 11.0. The maximum absolute atomic E-state index is 9.75. The molecule has 1 aromatic heterocycles. The van der Waals surface area contributed by atoms with Crippen LogP contribution in [0.5, 0.6) is 5.75 Å². The Morgan fingerprint density at radius 1 is 1.10 bits per heavy atom. The van der Waals surface area contributed by atoms with E-state index < -0.39 is 0 Å². The molecule has 3 nitrogen and oxygen atoms in total. The molecule has 0 amide bonds. The summed E-state index contributed by atoms with van der Waals surface area (Å²) in [6.45, 7) is 0. The summed E-state index contributed by atoms with van der Waals surface area (Å²) < 4.78 is 2.18. The number of fused-ring (bicyclic) bond motifs is 1. The third-order valence-corrected chi connectivity index (χ3v) is 4.32. The van der Waals surface area contributed by atoms with Crippen molar-refractivity contribution in [3.8, 4) is 17.1 Å². The molecule has 1 fully saturated rings. The molecule has 21 heavy (non-hydrogen) atoms. The van der Waals surface area contributed by atoms with Crippen LogP contribution in [0.15, 0.2) is 36.4 Å². The quantitative estimate of drug-likeness (QED) is 0.718. The topological polar surface area (TPSA) is 38.1 Å². The summed E-state index contributed by atoms with van der Waals surface area (Å²) in [5.74, 6) is 0.970. The Morgan fingerprint density at radius 3 is 2.67 bits per heavy atom.